The standard InChI is InChI=1S/C23H19N3O2/c24-15-19(23(28)25-20-10-7-13-22(27)14-20)17-26(21-11-5-2-6-12-21)16-18-8-3-1-4-9-18/h1-14,17,27H,16H2,(H,25,28)/b19-17-. The lowest BCUT2D eigenvalue weighted by Gasteiger charge is -2.21. The Bertz CT molecular complexity index is 1010. The zero-order chi connectivity index (χ0) is 19.8. The average molecular weight is 369 g/mol. The van der Waals surface area contributed by atoms with Crippen molar-refractivity contribution < 1.29 is 9.90 Å². The number of nitrogens with zero attached hydrogens (tertiary/aromatic N) is 2. The van der Waals surface area contributed by atoms with Crippen molar-refractivity contribution in [3.05, 3.63) is 102 Å². The molecular formula is C23H19N3O2. The number of nitrogens with one attached hydrogen (secondary N) is 1. The lowest BCUT2D eigenvalue weighted by atomic mass is 10.2. The van der Waals surface area contributed by atoms with Crippen molar-refractivity contribution in [1.82, 2.24) is 0 Å². The van der Waals surface area contributed by atoms with Crippen molar-refractivity contribution in [1.29, 1.82) is 5.26 Å². The molecule has 1 amide bonds. The quantitative estimate of drug-likeness (QED) is 0.497. The van der Waals surface area contributed by atoms with Gasteiger partial charge in [0, 0.05) is 30.2 Å². The van der Waals surface area contributed by atoms with Crippen LogP contribution in [-0.4, -0.2) is 11.0 Å². The molecule has 3 rings (SSSR count). The number of hydrogen-bond donors (Lipinski definition) is 2. The van der Waals surface area contributed by atoms with Crippen LogP contribution in [0.2, 0.25) is 0 Å². The van der Waals surface area contributed by atoms with E-state index in [4.69, 9.17) is 0 Å². The van der Waals surface area contributed by atoms with E-state index in [9.17, 15) is 15.2 Å². The van der Waals surface area contributed by atoms with Crippen molar-refractivity contribution in [3.8, 4) is 11.8 Å². The van der Waals surface area contributed by atoms with Crippen LogP contribution in [-0.2, 0) is 11.3 Å². The molecule has 0 aliphatic rings. The van der Waals surface area contributed by atoms with Crippen molar-refractivity contribution in [2.75, 3.05) is 10.2 Å². The van der Waals surface area contributed by atoms with Gasteiger partial charge in [0.1, 0.15) is 17.4 Å². The predicted molar refractivity (Wildman–Crippen MR) is 109 cm³/mol. The van der Waals surface area contributed by atoms with Crippen LogP contribution in [0.5, 0.6) is 5.75 Å². The number of phenols is 1. The number of para-hydroxylation sites is 1. The molecule has 0 atom stereocenters. The maximum absolute atomic E-state index is 12.6. The van der Waals surface area contributed by atoms with E-state index in [0.717, 1.165) is 11.3 Å². The van der Waals surface area contributed by atoms with Gasteiger partial charge in [0.05, 0.1) is 0 Å². The molecule has 3 aromatic rings. The van der Waals surface area contributed by atoms with E-state index in [2.05, 4.69) is 5.32 Å². The van der Waals surface area contributed by atoms with Crippen molar-refractivity contribution in [3.63, 3.8) is 0 Å². The summed E-state index contributed by atoms with van der Waals surface area (Å²) >= 11 is 0. The second kappa shape index (κ2) is 9.06. The summed E-state index contributed by atoms with van der Waals surface area (Å²) in [5.41, 5.74) is 2.29. The highest BCUT2D eigenvalue weighted by molar-refractivity contribution is 6.06. The normalized spacial score (nSPS) is 10.8. The fourth-order valence-electron chi connectivity index (χ4n) is 2.69. The number of hydrogen-bond acceptors (Lipinski definition) is 4. The highest BCUT2D eigenvalue weighted by Crippen LogP contribution is 2.20. The van der Waals surface area contributed by atoms with E-state index in [1.807, 2.05) is 71.6 Å². The van der Waals surface area contributed by atoms with Gasteiger partial charge in [-0.25, -0.2) is 0 Å². The smallest absolute Gasteiger partial charge is 0.267 e. The fourth-order valence-corrected chi connectivity index (χ4v) is 2.69. The molecule has 0 unspecified atom stereocenters. The summed E-state index contributed by atoms with van der Waals surface area (Å²) in [5.74, 6) is -0.502. The Balaban J connectivity index is 1.88. The number of anilines is 2. The van der Waals surface area contributed by atoms with Gasteiger partial charge < -0.3 is 15.3 Å². The summed E-state index contributed by atoms with van der Waals surface area (Å²) < 4.78 is 0. The van der Waals surface area contributed by atoms with E-state index in [0.29, 0.717) is 12.2 Å². The average Bonchev–Trinajstić information content (AvgIpc) is 2.72. The number of carbonyl (C=O) groups is 1. The van der Waals surface area contributed by atoms with Crippen LogP contribution in [0.3, 0.4) is 0 Å². The minimum Gasteiger partial charge on any atom is -0.508 e. The Hall–Kier alpha value is -4.04. The SMILES string of the molecule is N#C/C(=C/N(Cc1ccccc1)c1ccccc1)C(=O)Nc1cccc(O)c1. The predicted octanol–water partition coefficient (Wildman–Crippen LogP) is 4.44. The first-order valence-electron chi connectivity index (χ1n) is 8.73. The monoisotopic (exact) mass is 369 g/mol. The van der Waals surface area contributed by atoms with Gasteiger partial charge in [0.2, 0.25) is 0 Å². The summed E-state index contributed by atoms with van der Waals surface area (Å²) in [5, 5.41) is 21.7. The number of benzene rings is 3. The largest absolute Gasteiger partial charge is 0.508 e. The summed E-state index contributed by atoms with van der Waals surface area (Å²) in [6.45, 7) is 0.509. The molecule has 0 fully saturated rings. The molecule has 5 nitrogen and oxygen atoms in total. The van der Waals surface area contributed by atoms with E-state index < -0.39 is 5.91 Å². The number of phenolic OH excluding ortho intramolecular Hbond substituents is 1. The Morgan fingerprint density at radius 2 is 1.68 bits per heavy atom. The molecule has 0 bridgehead atoms. The lowest BCUT2D eigenvalue weighted by molar-refractivity contribution is -0.112. The maximum atomic E-state index is 12.6. The molecule has 0 radical (unpaired) electrons. The summed E-state index contributed by atoms with van der Waals surface area (Å²) in [7, 11) is 0. The van der Waals surface area contributed by atoms with Crippen LogP contribution >= 0.6 is 0 Å². The first-order valence-corrected chi connectivity index (χ1v) is 8.73. The van der Waals surface area contributed by atoms with Crippen molar-refractivity contribution in [2.24, 2.45) is 0 Å². The summed E-state index contributed by atoms with van der Waals surface area (Å²) in [4.78, 5) is 14.4. The van der Waals surface area contributed by atoms with E-state index in [1.54, 1.807) is 18.3 Å². The van der Waals surface area contributed by atoms with Crippen molar-refractivity contribution >= 4 is 17.3 Å². The molecule has 0 saturated heterocycles. The molecule has 3 aromatic carbocycles. The zero-order valence-electron chi connectivity index (χ0n) is 15.1. The van der Waals surface area contributed by atoms with Crippen LogP contribution in [0.25, 0.3) is 0 Å². The molecule has 0 aliphatic heterocycles. The van der Waals surface area contributed by atoms with Crippen LogP contribution in [0.1, 0.15) is 5.56 Å². The first-order chi connectivity index (χ1) is 13.7. The highest BCUT2D eigenvalue weighted by Gasteiger charge is 2.13. The highest BCUT2D eigenvalue weighted by atomic mass is 16.3. The Morgan fingerprint density at radius 1 is 1.00 bits per heavy atom. The second-order valence-electron chi connectivity index (χ2n) is 6.11. The van der Waals surface area contributed by atoms with Gasteiger partial charge in [0.25, 0.3) is 5.91 Å². The van der Waals surface area contributed by atoms with E-state index >= 15 is 0 Å². The third kappa shape index (κ3) is 4.99. The van der Waals surface area contributed by atoms with Crippen LogP contribution < -0.4 is 10.2 Å². The van der Waals surface area contributed by atoms with Gasteiger partial charge in [0.15, 0.2) is 0 Å². The molecule has 2 N–H and O–H groups in total. The van der Waals surface area contributed by atoms with Gasteiger partial charge in [-0.3, -0.25) is 4.79 Å². The van der Waals surface area contributed by atoms with Crippen LogP contribution in [0.15, 0.2) is 96.7 Å². The summed E-state index contributed by atoms with van der Waals surface area (Å²) in [6.07, 6.45) is 1.54. The van der Waals surface area contributed by atoms with Gasteiger partial charge in [-0.15, -0.1) is 0 Å². The number of rotatable bonds is 6. The molecule has 138 valence electrons. The second-order valence-corrected chi connectivity index (χ2v) is 6.11. The number of amides is 1. The number of carbonyl (C=O) groups excluding carboxylic acids is 1. The Morgan fingerprint density at radius 3 is 2.32 bits per heavy atom. The minimum absolute atomic E-state index is 0.0373. The molecule has 0 saturated carbocycles. The van der Waals surface area contributed by atoms with E-state index in [1.165, 1.54) is 12.1 Å². The van der Waals surface area contributed by atoms with Crippen molar-refractivity contribution in [2.45, 2.75) is 6.54 Å². The number of aromatic hydroxyl groups is 1. The topological polar surface area (TPSA) is 76.4 Å². The van der Waals surface area contributed by atoms with E-state index in [-0.39, 0.29) is 11.3 Å². The zero-order valence-corrected chi connectivity index (χ0v) is 15.1. The molecular weight excluding hydrogens is 350 g/mol. The first kappa shape index (κ1) is 18.7. The molecule has 0 spiro atoms. The molecule has 0 aromatic heterocycles. The summed E-state index contributed by atoms with van der Waals surface area (Å²) in [6, 6.07) is 27.5. The molecule has 28 heavy (non-hydrogen) atoms. The van der Waals surface area contributed by atoms with Gasteiger partial charge in [-0.2, -0.15) is 5.26 Å². The van der Waals surface area contributed by atoms with Gasteiger partial charge in [-0.1, -0.05) is 54.6 Å². The number of nitriles is 1. The molecule has 0 aliphatic carbocycles. The molecule has 5 heteroatoms. The van der Waals surface area contributed by atoms with Crippen LogP contribution in [0.4, 0.5) is 11.4 Å². The molecule has 0 heterocycles. The fraction of sp³-hybridized carbons (Fsp3) is 0.0435. The third-order valence-electron chi connectivity index (χ3n) is 4.04. The minimum atomic E-state index is -0.540. The van der Waals surface area contributed by atoms with Gasteiger partial charge in [-0.05, 0) is 29.8 Å². The Kier molecular flexibility index (Phi) is 6.06. The Labute approximate surface area is 163 Å². The maximum Gasteiger partial charge on any atom is 0.267 e. The lowest BCUT2D eigenvalue weighted by Crippen LogP contribution is -2.20. The third-order valence-corrected chi connectivity index (χ3v) is 4.04. The van der Waals surface area contributed by atoms with Gasteiger partial charge >= 0.3 is 0 Å². The van der Waals surface area contributed by atoms with Crippen LogP contribution in [0, 0.1) is 11.3 Å².